The number of esters is 1. The van der Waals surface area contributed by atoms with Crippen molar-refractivity contribution in [1.29, 1.82) is 0 Å². The molecule has 1 fully saturated rings. The van der Waals surface area contributed by atoms with Gasteiger partial charge in [0.15, 0.2) is 0 Å². The third-order valence-corrected chi connectivity index (χ3v) is 5.90. The average molecular weight is 432 g/mol. The molecule has 0 saturated carbocycles. The number of methoxy groups -OCH3 is 2. The summed E-state index contributed by atoms with van der Waals surface area (Å²) in [5.74, 6) is -0.115. The van der Waals surface area contributed by atoms with Gasteiger partial charge in [0, 0.05) is 37.3 Å². The molecule has 1 atom stereocenters. The van der Waals surface area contributed by atoms with E-state index in [1.807, 2.05) is 39.0 Å². The minimum absolute atomic E-state index is 0.0964. The minimum atomic E-state index is -0.714. The second kappa shape index (κ2) is 10.2. The van der Waals surface area contributed by atoms with Crippen molar-refractivity contribution < 1.29 is 23.8 Å². The maximum Gasteiger partial charge on any atom is 0.328 e. The maximum atomic E-state index is 13.3. The molecular weight excluding hydrogens is 398 g/mol. The van der Waals surface area contributed by atoms with E-state index in [9.17, 15) is 9.59 Å². The van der Waals surface area contributed by atoms with Gasteiger partial charge >= 0.3 is 5.97 Å². The van der Waals surface area contributed by atoms with Crippen molar-refractivity contribution in [2.75, 3.05) is 47.1 Å². The van der Waals surface area contributed by atoms with Gasteiger partial charge in [0.1, 0.15) is 11.8 Å². The molecule has 1 saturated heterocycles. The van der Waals surface area contributed by atoms with E-state index in [0.29, 0.717) is 5.56 Å². The summed E-state index contributed by atoms with van der Waals surface area (Å²) in [7, 11) is 2.96. The molecule has 0 bridgehead atoms. The normalized spacial score (nSPS) is 15.8. The molecule has 1 aromatic heterocycles. The van der Waals surface area contributed by atoms with Crippen LogP contribution in [0.15, 0.2) is 18.2 Å². The number of morpholine rings is 1. The van der Waals surface area contributed by atoms with Gasteiger partial charge in [-0.1, -0.05) is 26.0 Å². The number of fused-ring (bicyclic) bond motifs is 1. The lowest BCUT2D eigenvalue weighted by molar-refractivity contribution is -0.144. The quantitative estimate of drug-likeness (QED) is 0.646. The SMILES string of the molecule is COC(=O)C(NC(=O)c1c(C)n(CCN2CCOCC2)c2c(OC)cccc12)C(C)C. The Morgan fingerprint density at radius 2 is 1.87 bits per heavy atom. The van der Waals surface area contributed by atoms with Gasteiger partial charge in [-0.05, 0) is 18.9 Å². The van der Waals surface area contributed by atoms with Gasteiger partial charge in [-0.2, -0.15) is 0 Å². The van der Waals surface area contributed by atoms with Crippen LogP contribution >= 0.6 is 0 Å². The van der Waals surface area contributed by atoms with Crippen molar-refractivity contribution in [3.05, 3.63) is 29.5 Å². The summed E-state index contributed by atoms with van der Waals surface area (Å²) in [5.41, 5.74) is 2.29. The first-order chi connectivity index (χ1) is 14.9. The number of carbonyl (C=O) groups excluding carboxylic acids is 2. The summed E-state index contributed by atoms with van der Waals surface area (Å²) in [6.45, 7) is 10.6. The minimum Gasteiger partial charge on any atom is -0.495 e. The van der Waals surface area contributed by atoms with Crippen LogP contribution in [-0.2, 0) is 20.8 Å². The fourth-order valence-electron chi connectivity index (χ4n) is 4.14. The van der Waals surface area contributed by atoms with Crippen LogP contribution in [0.4, 0.5) is 0 Å². The predicted molar refractivity (Wildman–Crippen MR) is 119 cm³/mol. The molecule has 3 rings (SSSR count). The lowest BCUT2D eigenvalue weighted by Gasteiger charge is -2.27. The summed E-state index contributed by atoms with van der Waals surface area (Å²) in [6, 6.07) is 4.99. The molecule has 0 spiro atoms. The molecule has 0 aliphatic carbocycles. The van der Waals surface area contributed by atoms with Gasteiger partial charge in [-0.3, -0.25) is 9.69 Å². The molecule has 2 aromatic rings. The Balaban J connectivity index is 1.98. The van der Waals surface area contributed by atoms with Crippen molar-refractivity contribution in [1.82, 2.24) is 14.8 Å². The Hall–Kier alpha value is -2.58. The van der Waals surface area contributed by atoms with E-state index in [0.717, 1.165) is 61.7 Å². The zero-order chi connectivity index (χ0) is 22.5. The molecule has 1 aliphatic heterocycles. The Bertz CT molecular complexity index is 931. The number of nitrogens with one attached hydrogen (secondary N) is 1. The first-order valence-electron chi connectivity index (χ1n) is 10.7. The fraction of sp³-hybridized carbons (Fsp3) is 0.565. The number of hydrogen-bond acceptors (Lipinski definition) is 6. The average Bonchev–Trinajstić information content (AvgIpc) is 3.07. The summed E-state index contributed by atoms with van der Waals surface area (Å²) in [6.07, 6.45) is 0. The van der Waals surface area contributed by atoms with E-state index in [-0.39, 0.29) is 11.8 Å². The molecule has 1 N–H and O–H groups in total. The van der Waals surface area contributed by atoms with Gasteiger partial charge in [0.2, 0.25) is 0 Å². The highest BCUT2D eigenvalue weighted by molar-refractivity contribution is 6.10. The molecule has 1 unspecified atom stereocenters. The third-order valence-electron chi connectivity index (χ3n) is 5.90. The van der Waals surface area contributed by atoms with Crippen LogP contribution in [0.2, 0.25) is 0 Å². The summed E-state index contributed by atoms with van der Waals surface area (Å²) in [5, 5.41) is 3.69. The first kappa shape index (κ1) is 23.1. The first-order valence-corrected chi connectivity index (χ1v) is 10.7. The molecule has 8 nitrogen and oxygen atoms in total. The fourth-order valence-corrected chi connectivity index (χ4v) is 4.14. The number of carbonyl (C=O) groups is 2. The molecule has 2 heterocycles. The largest absolute Gasteiger partial charge is 0.495 e. The second-order valence-electron chi connectivity index (χ2n) is 8.14. The number of para-hydroxylation sites is 1. The van der Waals surface area contributed by atoms with E-state index in [4.69, 9.17) is 14.2 Å². The highest BCUT2D eigenvalue weighted by atomic mass is 16.5. The van der Waals surface area contributed by atoms with Crippen molar-refractivity contribution in [3.8, 4) is 5.75 Å². The molecule has 1 aliphatic rings. The van der Waals surface area contributed by atoms with Gasteiger partial charge in [-0.15, -0.1) is 0 Å². The van der Waals surface area contributed by atoms with Crippen LogP contribution in [0.1, 0.15) is 29.9 Å². The molecule has 8 heteroatoms. The Morgan fingerprint density at radius 3 is 2.48 bits per heavy atom. The Morgan fingerprint density at radius 1 is 1.16 bits per heavy atom. The van der Waals surface area contributed by atoms with Gasteiger partial charge in [0.05, 0.1) is 38.5 Å². The highest BCUT2D eigenvalue weighted by Gasteiger charge is 2.29. The summed E-state index contributed by atoms with van der Waals surface area (Å²) in [4.78, 5) is 27.9. The van der Waals surface area contributed by atoms with E-state index in [2.05, 4.69) is 14.8 Å². The van der Waals surface area contributed by atoms with Crippen LogP contribution in [0.5, 0.6) is 5.75 Å². The molecule has 31 heavy (non-hydrogen) atoms. The lowest BCUT2D eigenvalue weighted by atomic mass is 10.0. The van der Waals surface area contributed by atoms with Gasteiger partial charge in [0.25, 0.3) is 5.91 Å². The number of hydrogen-bond donors (Lipinski definition) is 1. The number of ether oxygens (including phenoxy) is 3. The van der Waals surface area contributed by atoms with Crippen LogP contribution in [-0.4, -0.2) is 74.5 Å². The molecule has 170 valence electrons. The van der Waals surface area contributed by atoms with E-state index in [1.54, 1.807) is 7.11 Å². The summed E-state index contributed by atoms with van der Waals surface area (Å²) < 4.78 is 18.1. The Labute approximate surface area is 183 Å². The number of amides is 1. The molecule has 1 amide bonds. The molecule has 1 aromatic carbocycles. The monoisotopic (exact) mass is 431 g/mol. The van der Waals surface area contributed by atoms with E-state index >= 15 is 0 Å². The number of benzene rings is 1. The maximum absolute atomic E-state index is 13.3. The third kappa shape index (κ3) is 4.85. The van der Waals surface area contributed by atoms with Crippen molar-refractivity contribution in [2.45, 2.75) is 33.4 Å². The van der Waals surface area contributed by atoms with Crippen molar-refractivity contribution in [2.24, 2.45) is 5.92 Å². The van der Waals surface area contributed by atoms with E-state index < -0.39 is 12.0 Å². The smallest absolute Gasteiger partial charge is 0.328 e. The van der Waals surface area contributed by atoms with Crippen molar-refractivity contribution >= 4 is 22.8 Å². The zero-order valence-electron chi connectivity index (χ0n) is 19.1. The Kier molecular flexibility index (Phi) is 7.56. The van der Waals surface area contributed by atoms with Gasteiger partial charge < -0.3 is 24.1 Å². The predicted octanol–water partition coefficient (Wildman–Crippen LogP) is 2.22. The molecular formula is C23H33N3O5. The van der Waals surface area contributed by atoms with Crippen LogP contribution in [0.3, 0.4) is 0 Å². The van der Waals surface area contributed by atoms with Crippen LogP contribution in [0, 0.1) is 12.8 Å². The zero-order valence-corrected chi connectivity index (χ0v) is 19.1. The van der Waals surface area contributed by atoms with Crippen LogP contribution in [0.25, 0.3) is 10.9 Å². The molecule has 0 radical (unpaired) electrons. The second-order valence-corrected chi connectivity index (χ2v) is 8.14. The number of aromatic nitrogens is 1. The summed E-state index contributed by atoms with van der Waals surface area (Å²) >= 11 is 0. The lowest BCUT2D eigenvalue weighted by Crippen LogP contribution is -2.45. The van der Waals surface area contributed by atoms with Crippen LogP contribution < -0.4 is 10.1 Å². The number of nitrogens with zero attached hydrogens (tertiary/aromatic N) is 2. The standard InChI is InChI=1S/C23H33N3O5/c1-15(2)20(23(28)30-5)24-22(27)19-16(3)26(10-9-25-11-13-31-14-12-25)21-17(19)7-6-8-18(21)29-4/h6-8,15,20H,9-14H2,1-5H3,(H,24,27). The number of rotatable bonds is 8. The van der Waals surface area contributed by atoms with Crippen molar-refractivity contribution in [3.63, 3.8) is 0 Å². The topological polar surface area (TPSA) is 82.0 Å². The van der Waals surface area contributed by atoms with E-state index in [1.165, 1.54) is 7.11 Å². The highest BCUT2D eigenvalue weighted by Crippen LogP contribution is 2.33. The van der Waals surface area contributed by atoms with Gasteiger partial charge in [-0.25, -0.2) is 4.79 Å².